The number of para-hydroxylation sites is 2. The smallest absolute Gasteiger partial charge is 0.227 e. The molecule has 1 fully saturated rings. The number of imidazole rings is 1. The molecule has 0 radical (unpaired) electrons. The molecule has 2 aromatic carbocycles. The number of amides is 1. The molecular weight excluding hydrogens is 358 g/mol. The molecule has 3 aromatic rings. The van der Waals surface area contributed by atoms with Crippen LogP contribution in [0, 0.1) is 5.92 Å². The van der Waals surface area contributed by atoms with E-state index in [1.807, 2.05) is 35.2 Å². The molecule has 0 aliphatic carbocycles. The zero-order chi connectivity index (χ0) is 19.0. The average molecular weight is 382 g/mol. The highest BCUT2D eigenvalue weighted by molar-refractivity contribution is 6.30. The van der Waals surface area contributed by atoms with E-state index in [0.717, 1.165) is 35.5 Å². The van der Waals surface area contributed by atoms with Gasteiger partial charge in [-0.1, -0.05) is 43.6 Å². The molecule has 1 aliphatic heterocycles. The maximum atomic E-state index is 12.7. The number of aromatic nitrogens is 2. The van der Waals surface area contributed by atoms with Gasteiger partial charge in [0.15, 0.2) is 0 Å². The Bertz CT molecular complexity index is 979. The molecule has 1 amide bonds. The standard InChI is InChI=1S/C22H24ClN3O/c1-15(2)10-11-25-20-9-4-3-8-19(20)24-22(25)16-12-21(27)26(14-16)18-7-5-6-17(23)13-18/h3-9,13,15-16H,10-12,14H2,1-2H3/t16-/m1/s1. The molecule has 0 N–H and O–H groups in total. The summed E-state index contributed by atoms with van der Waals surface area (Å²) in [6.45, 7) is 6.04. The van der Waals surface area contributed by atoms with E-state index in [9.17, 15) is 4.79 Å². The van der Waals surface area contributed by atoms with E-state index in [0.29, 0.717) is 23.9 Å². The van der Waals surface area contributed by atoms with Crippen LogP contribution in [-0.2, 0) is 11.3 Å². The van der Waals surface area contributed by atoms with Crippen molar-refractivity contribution >= 4 is 34.2 Å². The third kappa shape index (κ3) is 3.59. The van der Waals surface area contributed by atoms with Crippen molar-refractivity contribution in [3.8, 4) is 0 Å². The molecule has 0 unspecified atom stereocenters. The van der Waals surface area contributed by atoms with Crippen molar-refractivity contribution < 1.29 is 4.79 Å². The molecule has 0 bridgehead atoms. The summed E-state index contributed by atoms with van der Waals surface area (Å²) in [7, 11) is 0. The lowest BCUT2D eigenvalue weighted by molar-refractivity contribution is -0.117. The Morgan fingerprint density at radius 3 is 2.78 bits per heavy atom. The number of hydrogen-bond donors (Lipinski definition) is 0. The van der Waals surface area contributed by atoms with Gasteiger partial charge in [-0.15, -0.1) is 0 Å². The zero-order valence-electron chi connectivity index (χ0n) is 15.7. The maximum absolute atomic E-state index is 12.7. The van der Waals surface area contributed by atoms with Crippen molar-refractivity contribution in [1.29, 1.82) is 0 Å². The van der Waals surface area contributed by atoms with Gasteiger partial charge in [0.1, 0.15) is 5.82 Å². The molecule has 5 heteroatoms. The second kappa shape index (κ2) is 7.35. The highest BCUT2D eigenvalue weighted by atomic mass is 35.5. The molecular formula is C22H24ClN3O. The van der Waals surface area contributed by atoms with Crippen molar-refractivity contribution in [1.82, 2.24) is 9.55 Å². The lowest BCUT2D eigenvalue weighted by Crippen LogP contribution is -2.24. The second-order valence-corrected chi connectivity index (χ2v) is 8.11. The van der Waals surface area contributed by atoms with Gasteiger partial charge in [-0.25, -0.2) is 4.98 Å². The molecule has 0 saturated carbocycles. The van der Waals surface area contributed by atoms with Crippen LogP contribution in [0.25, 0.3) is 11.0 Å². The summed E-state index contributed by atoms with van der Waals surface area (Å²) in [6.07, 6.45) is 1.57. The number of halogens is 1. The fraction of sp³-hybridized carbons (Fsp3) is 0.364. The van der Waals surface area contributed by atoms with Crippen LogP contribution >= 0.6 is 11.6 Å². The summed E-state index contributed by atoms with van der Waals surface area (Å²) in [5.74, 6) is 1.86. The molecule has 1 aromatic heterocycles. The molecule has 4 rings (SSSR count). The Morgan fingerprint density at radius 2 is 2.00 bits per heavy atom. The number of fused-ring (bicyclic) bond motifs is 1. The Labute approximate surface area is 164 Å². The molecule has 140 valence electrons. The first kappa shape index (κ1) is 18.1. The van der Waals surface area contributed by atoms with Crippen LogP contribution in [0.1, 0.15) is 38.4 Å². The van der Waals surface area contributed by atoms with E-state index >= 15 is 0 Å². The number of carbonyl (C=O) groups excluding carboxylic acids is 1. The minimum absolute atomic E-state index is 0.0936. The summed E-state index contributed by atoms with van der Waals surface area (Å²) in [6, 6.07) is 15.7. The monoisotopic (exact) mass is 381 g/mol. The van der Waals surface area contributed by atoms with Gasteiger partial charge in [0.2, 0.25) is 5.91 Å². The van der Waals surface area contributed by atoms with Crippen LogP contribution in [0.4, 0.5) is 5.69 Å². The number of carbonyl (C=O) groups is 1. The first-order valence-corrected chi connectivity index (χ1v) is 9.92. The minimum atomic E-state index is 0.0936. The van der Waals surface area contributed by atoms with Gasteiger partial charge >= 0.3 is 0 Å². The third-order valence-corrected chi connectivity index (χ3v) is 5.46. The first-order valence-electron chi connectivity index (χ1n) is 9.54. The van der Waals surface area contributed by atoms with Crippen molar-refractivity contribution in [2.45, 2.75) is 39.2 Å². The topological polar surface area (TPSA) is 38.1 Å². The Morgan fingerprint density at radius 1 is 1.19 bits per heavy atom. The van der Waals surface area contributed by atoms with E-state index in [1.165, 1.54) is 0 Å². The second-order valence-electron chi connectivity index (χ2n) is 7.68. The maximum Gasteiger partial charge on any atom is 0.227 e. The fourth-order valence-electron chi connectivity index (χ4n) is 3.80. The number of aryl methyl sites for hydroxylation is 1. The van der Waals surface area contributed by atoms with Gasteiger partial charge in [0.05, 0.1) is 11.0 Å². The van der Waals surface area contributed by atoms with Crippen LogP contribution in [0.15, 0.2) is 48.5 Å². The largest absolute Gasteiger partial charge is 0.328 e. The minimum Gasteiger partial charge on any atom is -0.328 e. The third-order valence-electron chi connectivity index (χ3n) is 5.22. The van der Waals surface area contributed by atoms with Crippen molar-refractivity contribution in [3.05, 3.63) is 59.4 Å². The van der Waals surface area contributed by atoms with Gasteiger partial charge in [0.25, 0.3) is 0 Å². The Hall–Kier alpha value is -2.33. The summed E-state index contributed by atoms with van der Waals surface area (Å²) in [5, 5.41) is 0.646. The molecule has 2 heterocycles. The summed E-state index contributed by atoms with van der Waals surface area (Å²) in [5.41, 5.74) is 3.02. The van der Waals surface area contributed by atoms with Gasteiger partial charge < -0.3 is 9.47 Å². The lowest BCUT2D eigenvalue weighted by atomic mass is 10.1. The Balaban J connectivity index is 1.68. The number of rotatable bonds is 5. The molecule has 1 saturated heterocycles. The van der Waals surface area contributed by atoms with Gasteiger partial charge in [-0.2, -0.15) is 0 Å². The molecule has 4 nitrogen and oxygen atoms in total. The van der Waals surface area contributed by atoms with Crippen LogP contribution in [0.3, 0.4) is 0 Å². The van der Waals surface area contributed by atoms with Crippen molar-refractivity contribution in [3.63, 3.8) is 0 Å². The first-order chi connectivity index (χ1) is 13.0. The quantitative estimate of drug-likeness (QED) is 0.604. The van der Waals surface area contributed by atoms with E-state index in [1.54, 1.807) is 0 Å². The van der Waals surface area contributed by atoms with E-state index in [-0.39, 0.29) is 11.8 Å². The molecule has 0 spiro atoms. The SMILES string of the molecule is CC(C)CCn1c([C@@H]2CC(=O)N(c3cccc(Cl)c3)C2)nc2ccccc21. The van der Waals surface area contributed by atoms with Gasteiger partial charge in [0, 0.05) is 36.1 Å². The van der Waals surface area contributed by atoms with Crippen molar-refractivity contribution in [2.24, 2.45) is 5.92 Å². The predicted octanol–water partition coefficient (Wildman–Crippen LogP) is 5.26. The van der Waals surface area contributed by atoms with Gasteiger partial charge in [-0.3, -0.25) is 4.79 Å². The summed E-state index contributed by atoms with van der Waals surface area (Å²) >= 11 is 6.12. The summed E-state index contributed by atoms with van der Waals surface area (Å²) < 4.78 is 2.31. The molecule has 1 aliphatic rings. The zero-order valence-corrected chi connectivity index (χ0v) is 16.5. The average Bonchev–Trinajstić information content (AvgIpc) is 3.20. The number of anilines is 1. The van der Waals surface area contributed by atoms with E-state index in [2.05, 4.69) is 36.6 Å². The van der Waals surface area contributed by atoms with E-state index < -0.39 is 0 Å². The molecule has 1 atom stereocenters. The fourth-order valence-corrected chi connectivity index (χ4v) is 3.99. The summed E-state index contributed by atoms with van der Waals surface area (Å²) in [4.78, 5) is 19.5. The molecule has 27 heavy (non-hydrogen) atoms. The predicted molar refractivity (Wildman–Crippen MR) is 110 cm³/mol. The van der Waals surface area contributed by atoms with Crippen molar-refractivity contribution in [2.75, 3.05) is 11.4 Å². The van der Waals surface area contributed by atoms with Crippen LogP contribution in [0.5, 0.6) is 0 Å². The number of nitrogens with zero attached hydrogens (tertiary/aromatic N) is 3. The van der Waals surface area contributed by atoms with Crippen LogP contribution in [0.2, 0.25) is 5.02 Å². The normalized spacial score (nSPS) is 17.4. The lowest BCUT2D eigenvalue weighted by Gasteiger charge is -2.18. The highest BCUT2D eigenvalue weighted by Gasteiger charge is 2.34. The number of benzene rings is 2. The number of hydrogen-bond acceptors (Lipinski definition) is 2. The van der Waals surface area contributed by atoms with Crippen LogP contribution < -0.4 is 4.90 Å². The highest BCUT2D eigenvalue weighted by Crippen LogP contribution is 2.34. The van der Waals surface area contributed by atoms with Crippen LogP contribution in [-0.4, -0.2) is 22.0 Å². The Kier molecular flexibility index (Phi) is 4.92. The van der Waals surface area contributed by atoms with E-state index in [4.69, 9.17) is 16.6 Å². The van der Waals surface area contributed by atoms with Gasteiger partial charge in [-0.05, 0) is 42.7 Å².